The molecule has 0 saturated heterocycles. The molecule has 0 bridgehead atoms. The van der Waals surface area contributed by atoms with Crippen LogP contribution in [0.3, 0.4) is 0 Å². The molecule has 0 aromatic heterocycles. The molecule has 0 fully saturated rings. The molecule has 0 aliphatic carbocycles. The fourth-order valence-electron chi connectivity index (χ4n) is 1.26. The van der Waals surface area contributed by atoms with Crippen LogP contribution < -0.4 is 0 Å². The molecule has 0 aliphatic rings. The maximum atomic E-state index is 3.61. The van der Waals surface area contributed by atoms with Crippen molar-refractivity contribution >= 4 is 0 Å². The Hall–Kier alpha value is -1.56. The van der Waals surface area contributed by atoms with Crippen molar-refractivity contribution in [3.63, 3.8) is 0 Å². The van der Waals surface area contributed by atoms with Crippen LogP contribution in [0.4, 0.5) is 0 Å². The van der Waals surface area contributed by atoms with Gasteiger partial charge >= 0.3 is 0 Å². The van der Waals surface area contributed by atoms with E-state index in [1.165, 1.54) is 32.1 Å². The summed E-state index contributed by atoms with van der Waals surface area (Å²) in [7, 11) is 0. The molecule has 0 saturated carbocycles. The molecule has 0 aliphatic heterocycles. The highest BCUT2D eigenvalue weighted by Crippen LogP contribution is 2.02. The number of allylic oxidation sites excluding steroid dienone is 10. The third kappa shape index (κ3) is 26.2. The minimum Gasteiger partial charge on any atom is -0.0991 e. The Bertz CT molecular complexity index is 287. The standard InChI is InChI=1S/C10H18.C9H12/c1-3-5-7-9-10-8-6-4-2;1-3-5-7-9-8-6-4-2/h3,5,7H,1,4,6,8-10H2,2H3;3-9H,1H2,2H3. The first-order valence-electron chi connectivity index (χ1n) is 7.18. The first-order chi connectivity index (χ1) is 9.33. The third-order valence-electron chi connectivity index (χ3n) is 2.27. The topological polar surface area (TPSA) is 0 Å². The van der Waals surface area contributed by atoms with E-state index in [4.69, 9.17) is 0 Å². The van der Waals surface area contributed by atoms with Gasteiger partial charge in [-0.1, -0.05) is 100 Å². The molecule has 0 radical (unpaired) electrons. The largest absolute Gasteiger partial charge is 0.0991 e. The van der Waals surface area contributed by atoms with E-state index in [1.807, 2.05) is 55.5 Å². The van der Waals surface area contributed by atoms with E-state index in [-0.39, 0.29) is 0 Å². The Labute approximate surface area is 120 Å². The molecule has 0 unspecified atom stereocenters. The van der Waals surface area contributed by atoms with Crippen molar-refractivity contribution in [1.82, 2.24) is 0 Å². The van der Waals surface area contributed by atoms with Gasteiger partial charge in [-0.2, -0.15) is 0 Å². The van der Waals surface area contributed by atoms with Crippen molar-refractivity contribution in [1.29, 1.82) is 0 Å². The summed E-state index contributed by atoms with van der Waals surface area (Å²) in [5.74, 6) is 0. The molecule has 19 heavy (non-hydrogen) atoms. The van der Waals surface area contributed by atoms with Gasteiger partial charge in [-0.25, -0.2) is 0 Å². The molecule has 0 aromatic rings. The lowest BCUT2D eigenvalue weighted by Crippen LogP contribution is -1.72. The summed E-state index contributed by atoms with van der Waals surface area (Å²) < 4.78 is 0. The first kappa shape index (κ1) is 19.8. The summed E-state index contributed by atoms with van der Waals surface area (Å²) in [6.07, 6.45) is 26.1. The maximum Gasteiger partial charge on any atom is -0.0348 e. The monoisotopic (exact) mass is 258 g/mol. The molecule has 0 aromatic carbocycles. The fourth-order valence-corrected chi connectivity index (χ4v) is 1.26. The Morgan fingerprint density at radius 3 is 1.95 bits per heavy atom. The minimum absolute atomic E-state index is 1.21. The number of hydrogen-bond donors (Lipinski definition) is 0. The normalized spacial score (nSPS) is 11.3. The van der Waals surface area contributed by atoms with Crippen molar-refractivity contribution < 1.29 is 0 Å². The first-order valence-corrected chi connectivity index (χ1v) is 7.18. The molecule has 106 valence electrons. The third-order valence-corrected chi connectivity index (χ3v) is 2.27. The fraction of sp³-hybridized carbons (Fsp3) is 0.368. The lowest BCUT2D eigenvalue weighted by molar-refractivity contribution is 0.674. The van der Waals surface area contributed by atoms with Gasteiger partial charge in [0.05, 0.1) is 0 Å². The van der Waals surface area contributed by atoms with Crippen LogP contribution in [0, 0.1) is 0 Å². The number of unbranched alkanes of at least 4 members (excludes halogenated alkanes) is 4. The second-order valence-electron chi connectivity index (χ2n) is 4.04. The second-order valence-corrected chi connectivity index (χ2v) is 4.04. The van der Waals surface area contributed by atoms with Crippen LogP contribution in [0.5, 0.6) is 0 Å². The highest BCUT2D eigenvalue weighted by atomic mass is 13.9. The van der Waals surface area contributed by atoms with Crippen LogP contribution in [0.15, 0.2) is 73.9 Å². The van der Waals surface area contributed by atoms with Crippen LogP contribution in [0.2, 0.25) is 0 Å². The Balaban J connectivity index is 0. The highest BCUT2D eigenvalue weighted by molar-refractivity contribution is 5.13. The summed E-state index contributed by atoms with van der Waals surface area (Å²) in [5, 5.41) is 0. The van der Waals surface area contributed by atoms with E-state index in [0.29, 0.717) is 0 Å². The van der Waals surface area contributed by atoms with Crippen molar-refractivity contribution in [2.45, 2.75) is 46.0 Å². The minimum atomic E-state index is 1.21. The zero-order valence-electron chi connectivity index (χ0n) is 12.7. The van der Waals surface area contributed by atoms with Gasteiger partial charge in [0.2, 0.25) is 0 Å². The van der Waals surface area contributed by atoms with Crippen LogP contribution in [-0.2, 0) is 0 Å². The zero-order valence-corrected chi connectivity index (χ0v) is 12.7. The van der Waals surface area contributed by atoms with Crippen molar-refractivity contribution in [3.05, 3.63) is 73.9 Å². The van der Waals surface area contributed by atoms with Gasteiger partial charge in [-0.05, 0) is 19.8 Å². The second kappa shape index (κ2) is 21.7. The summed E-state index contributed by atoms with van der Waals surface area (Å²) in [6, 6.07) is 0. The lowest BCUT2D eigenvalue weighted by atomic mass is 10.1. The summed E-state index contributed by atoms with van der Waals surface area (Å²) in [5.41, 5.74) is 0. The van der Waals surface area contributed by atoms with E-state index >= 15 is 0 Å². The van der Waals surface area contributed by atoms with Gasteiger partial charge in [0.25, 0.3) is 0 Å². The van der Waals surface area contributed by atoms with E-state index < -0.39 is 0 Å². The molecular weight excluding hydrogens is 228 g/mol. The van der Waals surface area contributed by atoms with Gasteiger partial charge in [-0.15, -0.1) is 0 Å². The SMILES string of the molecule is C=CC=CC=CC=CC.C=CC=CCCCCCC. The van der Waals surface area contributed by atoms with E-state index in [9.17, 15) is 0 Å². The van der Waals surface area contributed by atoms with Gasteiger partial charge < -0.3 is 0 Å². The average Bonchev–Trinajstić information content (AvgIpc) is 2.43. The van der Waals surface area contributed by atoms with E-state index in [1.54, 1.807) is 6.08 Å². The van der Waals surface area contributed by atoms with E-state index in [0.717, 1.165) is 0 Å². The summed E-state index contributed by atoms with van der Waals surface area (Å²) in [4.78, 5) is 0. The van der Waals surface area contributed by atoms with Crippen LogP contribution in [0.25, 0.3) is 0 Å². The van der Waals surface area contributed by atoms with E-state index in [2.05, 4.69) is 26.2 Å². The molecule has 0 heterocycles. The van der Waals surface area contributed by atoms with Crippen LogP contribution in [0.1, 0.15) is 46.0 Å². The van der Waals surface area contributed by atoms with Gasteiger partial charge in [-0.3, -0.25) is 0 Å². The number of rotatable bonds is 9. The molecule has 0 atom stereocenters. The number of hydrogen-bond acceptors (Lipinski definition) is 0. The Kier molecular flexibility index (Phi) is 22.6. The van der Waals surface area contributed by atoms with Gasteiger partial charge in [0, 0.05) is 0 Å². The highest BCUT2D eigenvalue weighted by Gasteiger charge is 1.82. The quantitative estimate of drug-likeness (QED) is 0.324. The molecule has 0 spiro atoms. The van der Waals surface area contributed by atoms with Crippen LogP contribution in [-0.4, -0.2) is 0 Å². The Morgan fingerprint density at radius 2 is 1.37 bits per heavy atom. The lowest BCUT2D eigenvalue weighted by Gasteiger charge is -1.92. The van der Waals surface area contributed by atoms with Gasteiger partial charge in [0.1, 0.15) is 0 Å². The summed E-state index contributed by atoms with van der Waals surface area (Å²) >= 11 is 0. The van der Waals surface area contributed by atoms with Crippen LogP contribution >= 0.6 is 0 Å². The molecule has 0 heteroatoms. The molecule has 0 amide bonds. The zero-order chi connectivity index (χ0) is 14.6. The average molecular weight is 258 g/mol. The smallest absolute Gasteiger partial charge is 0.0348 e. The Morgan fingerprint density at radius 1 is 0.737 bits per heavy atom. The maximum absolute atomic E-state index is 3.61. The predicted octanol–water partition coefficient (Wildman–Crippen LogP) is 6.56. The molecule has 0 N–H and O–H groups in total. The van der Waals surface area contributed by atoms with Crippen molar-refractivity contribution in [2.75, 3.05) is 0 Å². The molecular formula is C19H30. The molecule has 0 nitrogen and oxygen atoms in total. The predicted molar refractivity (Wildman–Crippen MR) is 91.4 cm³/mol. The summed E-state index contributed by atoms with van der Waals surface area (Å²) in [6.45, 7) is 11.4. The van der Waals surface area contributed by atoms with Crippen molar-refractivity contribution in [3.8, 4) is 0 Å². The molecule has 0 rings (SSSR count). The van der Waals surface area contributed by atoms with Crippen molar-refractivity contribution in [2.24, 2.45) is 0 Å². The van der Waals surface area contributed by atoms with Gasteiger partial charge in [0.15, 0.2) is 0 Å².